The fraction of sp³-hybridized carbons (Fsp3) is 0.227. The first-order valence-electron chi connectivity index (χ1n) is 9.60. The first kappa shape index (κ1) is 24.2. The number of hydrogen-bond donors (Lipinski definition) is 2. The molecule has 1 aromatic heterocycles. The lowest BCUT2D eigenvalue weighted by molar-refractivity contribution is -0.113. The molecule has 0 spiro atoms. The van der Waals surface area contributed by atoms with Gasteiger partial charge in [-0.1, -0.05) is 60.6 Å². The van der Waals surface area contributed by atoms with Crippen LogP contribution in [0, 0.1) is 0 Å². The van der Waals surface area contributed by atoms with Gasteiger partial charge in [0.1, 0.15) is 0 Å². The van der Waals surface area contributed by atoms with E-state index in [-0.39, 0.29) is 27.1 Å². The summed E-state index contributed by atoms with van der Waals surface area (Å²) < 4.78 is 26.7. The maximum atomic E-state index is 12.9. The number of carbonyl (C=O) groups is 1. The Hall–Kier alpha value is -2.43. The summed E-state index contributed by atoms with van der Waals surface area (Å²) in [5.41, 5.74) is 0.718. The second-order valence-corrected chi connectivity index (χ2v) is 11.8. The fourth-order valence-corrected chi connectivity index (χ4v) is 4.89. The fourth-order valence-electron chi connectivity index (χ4n) is 2.76. The number of halogens is 1. The average Bonchev–Trinajstić information content (AvgIpc) is 2.73. The van der Waals surface area contributed by atoms with Crippen LogP contribution in [-0.2, 0) is 20.0 Å². The zero-order valence-electron chi connectivity index (χ0n) is 17.7. The van der Waals surface area contributed by atoms with Crippen molar-refractivity contribution in [3.8, 4) is 0 Å². The second kappa shape index (κ2) is 9.60. The van der Waals surface area contributed by atoms with E-state index < -0.39 is 20.3 Å². The van der Waals surface area contributed by atoms with Crippen molar-refractivity contribution < 1.29 is 13.2 Å². The van der Waals surface area contributed by atoms with Crippen molar-refractivity contribution in [1.82, 2.24) is 9.97 Å². The lowest BCUT2D eigenvalue weighted by Gasteiger charge is -2.19. The molecule has 3 rings (SSSR count). The van der Waals surface area contributed by atoms with E-state index in [1.165, 1.54) is 12.1 Å². The molecule has 10 heteroatoms. The lowest BCUT2D eigenvalue weighted by atomic mass is 9.87. The third-order valence-electron chi connectivity index (χ3n) is 4.53. The number of rotatable bonds is 6. The molecule has 0 bridgehead atoms. The molecule has 2 aromatic carbocycles. The summed E-state index contributed by atoms with van der Waals surface area (Å²) in [4.78, 5) is 30.6. The van der Waals surface area contributed by atoms with E-state index >= 15 is 0 Å². The molecule has 2 N–H and O–H groups in total. The van der Waals surface area contributed by atoms with E-state index in [9.17, 15) is 18.0 Å². The smallest absolute Gasteiger partial charge is 0.270 e. The third kappa shape index (κ3) is 5.87. The molecule has 0 radical (unpaired) electrons. The number of sulfone groups is 1. The highest BCUT2D eigenvalue weighted by Crippen LogP contribution is 2.25. The number of nitrogens with one attached hydrogen (secondary N) is 2. The maximum absolute atomic E-state index is 12.9. The summed E-state index contributed by atoms with van der Waals surface area (Å²) in [6, 6.07) is 13.6. The van der Waals surface area contributed by atoms with Crippen molar-refractivity contribution in [2.45, 2.75) is 41.1 Å². The predicted octanol–water partition coefficient (Wildman–Crippen LogP) is 4.39. The summed E-state index contributed by atoms with van der Waals surface area (Å²) in [6.45, 7) is 6.09. The Labute approximate surface area is 199 Å². The molecule has 168 valence electrons. The van der Waals surface area contributed by atoms with E-state index in [0.29, 0.717) is 5.69 Å². The van der Waals surface area contributed by atoms with Crippen molar-refractivity contribution in [3.63, 3.8) is 0 Å². The molecule has 0 aliphatic carbocycles. The van der Waals surface area contributed by atoms with Gasteiger partial charge in [-0.05, 0) is 47.4 Å². The zero-order valence-corrected chi connectivity index (χ0v) is 20.9. The SMILES string of the molecule is CC(C)(C)c1ccc(S(=O)(=O)c2cnc(SCC(=O)Nc3ccc(Br)cc3)[nH]c2=O)cc1. The summed E-state index contributed by atoms with van der Waals surface area (Å²) in [6.07, 6.45) is 1.03. The van der Waals surface area contributed by atoms with Gasteiger partial charge in [0.15, 0.2) is 10.1 Å². The molecule has 32 heavy (non-hydrogen) atoms. The molecule has 0 fully saturated rings. The van der Waals surface area contributed by atoms with Gasteiger partial charge in [0.2, 0.25) is 15.7 Å². The largest absolute Gasteiger partial charge is 0.325 e. The van der Waals surface area contributed by atoms with E-state index in [4.69, 9.17) is 0 Å². The lowest BCUT2D eigenvalue weighted by Crippen LogP contribution is -2.20. The van der Waals surface area contributed by atoms with E-state index in [1.54, 1.807) is 36.4 Å². The Balaban J connectivity index is 1.70. The van der Waals surface area contributed by atoms with E-state index in [1.807, 2.05) is 20.8 Å². The predicted molar refractivity (Wildman–Crippen MR) is 129 cm³/mol. The highest BCUT2D eigenvalue weighted by atomic mass is 79.9. The summed E-state index contributed by atoms with van der Waals surface area (Å²) in [5, 5.41) is 2.89. The highest BCUT2D eigenvalue weighted by molar-refractivity contribution is 9.10. The molecule has 0 atom stereocenters. The monoisotopic (exact) mass is 535 g/mol. The Kier molecular flexibility index (Phi) is 7.26. The molecule has 0 aliphatic rings. The first-order valence-corrected chi connectivity index (χ1v) is 12.9. The topological polar surface area (TPSA) is 109 Å². The van der Waals surface area contributed by atoms with Crippen LogP contribution in [0.5, 0.6) is 0 Å². The molecule has 0 aliphatic heterocycles. The molecule has 1 amide bonds. The number of aromatic nitrogens is 2. The van der Waals surface area contributed by atoms with Gasteiger partial charge in [-0.2, -0.15) is 0 Å². The van der Waals surface area contributed by atoms with Crippen molar-refractivity contribution in [1.29, 1.82) is 0 Å². The number of H-pyrrole nitrogens is 1. The molecule has 1 heterocycles. The number of anilines is 1. The van der Waals surface area contributed by atoms with Gasteiger partial charge in [0, 0.05) is 10.2 Å². The number of amides is 1. The maximum Gasteiger partial charge on any atom is 0.270 e. The number of carbonyl (C=O) groups excluding carboxylic acids is 1. The van der Waals surface area contributed by atoms with Gasteiger partial charge in [-0.25, -0.2) is 13.4 Å². The van der Waals surface area contributed by atoms with Gasteiger partial charge in [-0.3, -0.25) is 9.59 Å². The summed E-state index contributed by atoms with van der Waals surface area (Å²) in [7, 11) is -4.02. The van der Waals surface area contributed by atoms with Crippen LogP contribution < -0.4 is 10.9 Å². The molecule has 0 saturated carbocycles. The number of hydrogen-bond acceptors (Lipinski definition) is 6. The quantitative estimate of drug-likeness (QED) is 0.357. The Morgan fingerprint density at radius 1 is 1.09 bits per heavy atom. The Bertz CT molecular complexity index is 1280. The van der Waals surface area contributed by atoms with Crippen molar-refractivity contribution in [2.24, 2.45) is 0 Å². The molecule has 0 unspecified atom stereocenters. The minimum atomic E-state index is -4.02. The summed E-state index contributed by atoms with van der Waals surface area (Å²) in [5.74, 6) is -0.282. The standard InChI is InChI=1S/C22H22BrN3O4S2/c1-22(2,3)14-4-10-17(11-5-14)32(29,30)18-12-24-21(26-20(18)28)31-13-19(27)25-16-8-6-15(23)7-9-16/h4-12H,13H2,1-3H3,(H,25,27)(H,24,26,28). The van der Waals surface area contributed by atoms with Crippen molar-refractivity contribution >= 4 is 49.1 Å². The van der Waals surface area contributed by atoms with Crippen LogP contribution in [0.25, 0.3) is 0 Å². The molecule has 3 aromatic rings. The van der Waals surface area contributed by atoms with Gasteiger partial charge in [0.25, 0.3) is 5.56 Å². The van der Waals surface area contributed by atoms with Crippen LogP contribution in [0.2, 0.25) is 0 Å². The van der Waals surface area contributed by atoms with Crippen LogP contribution in [0.1, 0.15) is 26.3 Å². The van der Waals surface area contributed by atoms with Crippen LogP contribution in [-0.4, -0.2) is 30.0 Å². The van der Waals surface area contributed by atoms with Crippen LogP contribution in [0.4, 0.5) is 5.69 Å². The number of thioether (sulfide) groups is 1. The molecular weight excluding hydrogens is 514 g/mol. The minimum absolute atomic E-state index is 0.000629. The number of aromatic amines is 1. The minimum Gasteiger partial charge on any atom is -0.325 e. The zero-order chi connectivity index (χ0) is 23.5. The molecular formula is C22H22BrN3O4S2. The van der Waals surface area contributed by atoms with Gasteiger partial charge >= 0.3 is 0 Å². The van der Waals surface area contributed by atoms with E-state index in [2.05, 4.69) is 31.2 Å². The Morgan fingerprint density at radius 2 is 1.72 bits per heavy atom. The highest BCUT2D eigenvalue weighted by Gasteiger charge is 2.23. The van der Waals surface area contributed by atoms with Crippen LogP contribution in [0.15, 0.2) is 78.9 Å². The molecule has 7 nitrogen and oxygen atoms in total. The van der Waals surface area contributed by atoms with Gasteiger partial charge < -0.3 is 10.3 Å². The number of nitrogens with zero attached hydrogens (tertiary/aromatic N) is 1. The summed E-state index contributed by atoms with van der Waals surface area (Å²) >= 11 is 4.33. The third-order valence-corrected chi connectivity index (χ3v) is 7.71. The normalized spacial score (nSPS) is 11.9. The average molecular weight is 536 g/mol. The Morgan fingerprint density at radius 3 is 2.28 bits per heavy atom. The number of benzene rings is 2. The van der Waals surface area contributed by atoms with Crippen LogP contribution >= 0.6 is 27.7 Å². The first-order chi connectivity index (χ1) is 15.0. The van der Waals surface area contributed by atoms with E-state index in [0.717, 1.165) is 28.0 Å². The van der Waals surface area contributed by atoms with Crippen molar-refractivity contribution in [3.05, 3.63) is 75.1 Å². The van der Waals surface area contributed by atoms with Gasteiger partial charge in [-0.15, -0.1) is 0 Å². The molecule has 0 saturated heterocycles. The van der Waals surface area contributed by atoms with Crippen molar-refractivity contribution in [2.75, 3.05) is 11.1 Å². The second-order valence-electron chi connectivity index (χ2n) is 8.00. The van der Waals surface area contributed by atoms with Crippen LogP contribution in [0.3, 0.4) is 0 Å². The van der Waals surface area contributed by atoms with Gasteiger partial charge in [0.05, 0.1) is 16.8 Å².